The standard InChI is InChI=1S/C13H16N4O4S2/c1-8-15-13(21-16-8)10-7-17(6-9(10)12(18)14-2)23(19,20)11-4-3-5-22-11/h3-5,9-10H,6-7H2,1-2H3,(H,14,18)/t9-,10-/m1/s1. The molecule has 2 atom stereocenters. The Morgan fingerprint density at radius 3 is 2.83 bits per heavy atom. The maximum Gasteiger partial charge on any atom is 0.252 e. The van der Waals surface area contributed by atoms with Gasteiger partial charge in [-0.15, -0.1) is 11.3 Å². The number of hydrogen-bond donors (Lipinski definition) is 1. The molecule has 1 aliphatic heterocycles. The van der Waals surface area contributed by atoms with E-state index in [1.165, 1.54) is 11.4 Å². The Labute approximate surface area is 137 Å². The molecular formula is C13H16N4O4S2. The summed E-state index contributed by atoms with van der Waals surface area (Å²) in [5, 5.41) is 8.01. The molecule has 1 aliphatic rings. The van der Waals surface area contributed by atoms with Gasteiger partial charge >= 0.3 is 0 Å². The molecule has 1 N–H and O–H groups in total. The van der Waals surface area contributed by atoms with Gasteiger partial charge in [0.25, 0.3) is 10.0 Å². The Hall–Kier alpha value is -1.78. The average Bonchev–Trinajstić information content (AvgIpc) is 3.25. The van der Waals surface area contributed by atoms with E-state index >= 15 is 0 Å². The van der Waals surface area contributed by atoms with E-state index in [1.807, 2.05) is 0 Å². The lowest BCUT2D eigenvalue weighted by Crippen LogP contribution is -2.33. The molecule has 3 rings (SSSR count). The van der Waals surface area contributed by atoms with E-state index in [2.05, 4.69) is 15.5 Å². The second-order valence-electron chi connectivity index (χ2n) is 5.26. The number of sulfonamides is 1. The van der Waals surface area contributed by atoms with E-state index in [0.717, 1.165) is 11.3 Å². The quantitative estimate of drug-likeness (QED) is 0.859. The van der Waals surface area contributed by atoms with Crippen LogP contribution in [0.1, 0.15) is 17.6 Å². The fourth-order valence-electron chi connectivity index (χ4n) is 2.67. The van der Waals surface area contributed by atoms with Crippen LogP contribution in [-0.4, -0.2) is 48.9 Å². The number of carbonyl (C=O) groups is 1. The van der Waals surface area contributed by atoms with Crippen molar-refractivity contribution in [2.75, 3.05) is 20.1 Å². The van der Waals surface area contributed by atoms with Gasteiger partial charge in [0.1, 0.15) is 4.21 Å². The SMILES string of the molecule is CNC(=O)[C@@H]1CN(S(=O)(=O)c2cccs2)C[C@H]1c1nc(C)no1. The fraction of sp³-hybridized carbons (Fsp3) is 0.462. The monoisotopic (exact) mass is 356 g/mol. The molecule has 1 amide bonds. The normalized spacial score (nSPS) is 22.3. The zero-order valence-electron chi connectivity index (χ0n) is 12.6. The lowest BCUT2D eigenvalue weighted by molar-refractivity contribution is -0.124. The van der Waals surface area contributed by atoms with Crippen molar-refractivity contribution in [3.05, 3.63) is 29.2 Å². The molecule has 3 heterocycles. The summed E-state index contributed by atoms with van der Waals surface area (Å²) in [6, 6.07) is 3.24. The molecule has 2 aromatic rings. The molecule has 2 aromatic heterocycles. The number of hydrogen-bond acceptors (Lipinski definition) is 7. The first-order valence-electron chi connectivity index (χ1n) is 6.99. The summed E-state index contributed by atoms with van der Waals surface area (Å²) in [5.74, 6) is -0.509. The van der Waals surface area contributed by atoms with Crippen LogP contribution in [0.4, 0.5) is 0 Å². The van der Waals surface area contributed by atoms with Gasteiger partial charge in [-0.25, -0.2) is 8.42 Å². The van der Waals surface area contributed by atoms with Gasteiger partial charge in [-0.05, 0) is 18.4 Å². The van der Waals surface area contributed by atoms with E-state index in [0.29, 0.717) is 11.7 Å². The van der Waals surface area contributed by atoms with Crippen LogP contribution in [-0.2, 0) is 14.8 Å². The lowest BCUT2D eigenvalue weighted by Gasteiger charge is -2.14. The second-order valence-corrected chi connectivity index (χ2v) is 8.37. The Bertz CT molecular complexity index is 800. The highest BCUT2D eigenvalue weighted by Gasteiger charge is 2.45. The van der Waals surface area contributed by atoms with Gasteiger partial charge in [0.2, 0.25) is 11.8 Å². The minimum atomic E-state index is -3.62. The van der Waals surface area contributed by atoms with Crippen LogP contribution in [0.2, 0.25) is 0 Å². The Morgan fingerprint density at radius 1 is 1.48 bits per heavy atom. The molecule has 0 aliphatic carbocycles. The van der Waals surface area contributed by atoms with E-state index in [-0.39, 0.29) is 23.2 Å². The van der Waals surface area contributed by atoms with Gasteiger partial charge in [0, 0.05) is 20.1 Å². The van der Waals surface area contributed by atoms with Gasteiger partial charge in [-0.2, -0.15) is 9.29 Å². The second kappa shape index (κ2) is 6.02. The van der Waals surface area contributed by atoms with Gasteiger partial charge in [0.05, 0.1) is 11.8 Å². The van der Waals surface area contributed by atoms with Crippen molar-refractivity contribution in [2.45, 2.75) is 17.1 Å². The first-order valence-corrected chi connectivity index (χ1v) is 9.31. The number of carbonyl (C=O) groups excluding carboxylic acids is 1. The van der Waals surface area contributed by atoms with Crippen LogP contribution >= 0.6 is 11.3 Å². The van der Waals surface area contributed by atoms with Crippen LogP contribution in [0, 0.1) is 12.8 Å². The van der Waals surface area contributed by atoms with Crippen molar-refractivity contribution in [3.8, 4) is 0 Å². The van der Waals surface area contributed by atoms with Crippen molar-refractivity contribution in [3.63, 3.8) is 0 Å². The Balaban J connectivity index is 1.93. The van der Waals surface area contributed by atoms with Crippen LogP contribution in [0.15, 0.2) is 26.2 Å². The zero-order chi connectivity index (χ0) is 16.6. The number of thiophene rings is 1. The Kier molecular flexibility index (Phi) is 4.21. The number of nitrogens with zero attached hydrogens (tertiary/aromatic N) is 3. The molecule has 0 saturated carbocycles. The van der Waals surface area contributed by atoms with Crippen LogP contribution < -0.4 is 5.32 Å². The summed E-state index contributed by atoms with van der Waals surface area (Å²) >= 11 is 1.15. The van der Waals surface area contributed by atoms with Crippen molar-refractivity contribution >= 4 is 27.3 Å². The summed E-state index contributed by atoms with van der Waals surface area (Å²) in [4.78, 5) is 16.3. The average molecular weight is 356 g/mol. The summed E-state index contributed by atoms with van der Waals surface area (Å²) in [7, 11) is -2.10. The molecule has 0 spiro atoms. The molecule has 124 valence electrons. The van der Waals surface area contributed by atoms with Gasteiger partial charge in [0.15, 0.2) is 5.82 Å². The topological polar surface area (TPSA) is 105 Å². The Morgan fingerprint density at radius 2 is 2.26 bits per heavy atom. The molecule has 0 radical (unpaired) electrons. The van der Waals surface area contributed by atoms with Crippen LogP contribution in [0.5, 0.6) is 0 Å². The molecule has 0 bridgehead atoms. The van der Waals surface area contributed by atoms with E-state index in [4.69, 9.17) is 4.52 Å². The lowest BCUT2D eigenvalue weighted by atomic mass is 9.95. The first kappa shape index (κ1) is 16.1. The summed E-state index contributed by atoms with van der Waals surface area (Å²) < 4.78 is 32.1. The van der Waals surface area contributed by atoms with Crippen molar-refractivity contribution in [2.24, 2.45) is 5.92 Å². The molecular weight excluding hydrogens is 340 g/mol. The third kappa shape index (κ3) is 2.89. The largest absolute Gasteiger partial charge is 0.359 e. The number of aryl methyl sites for hydroxylation is 1. The predicted octanol–water partition coefficient (Wildman–Crippen LogP) is 0.590. The summed E-state index contributed by atoms with van der Waals surface area (Å²) in [6.07, 6.45) is 0. The predicted molar refractivity (Wildman–Crippen MR) is 82.4 cm³/mol. The van der Waals surface area contributed by atoms with Gasteiger partial charge < -0.3 is 9.84 Å². The molecule has 10 heteroatoms. The van der Waals surface area contributed by atoms with Crippen LogP contribution in [0.25, 0.3) is 0 Å². The molecule has 1 saturated heterocycles. The highest BCUT2D eigenvalue weighted by Crippen LogP contribution is 2.35. The minimum Gasteiger partial charge on any atom is -0.359 e. The van der Waals surface area contributed by atoms with E-state index in [1.54, 1.807) is 24.4 Å². The molecule has 0 aromatic carbocycles. The van der Waals surface area contributed by atoms with Crippen LogP contribution in [0.3, 0.4) is 0 Å². The number of rotatable bonds is 4. The molecule has 23 heavy (non-hydrogen) atoms. The number of aromatic nitrogens is 2. The minimum absolute atomic E-state index is 0.0893. The number of nitrogens with one attached hydrogen (secondary N) is 1. The zero-order valence-corrected chi connectivity index (χ0v) is 14.2. The van der Waals surface area contributed by atoms with E-state index in [9.17, 15) is 13.2 Å². The fourth-order valence-corrected chi connectivity index (χ4v) is 5.30. The van der Waals surface area contributed by atoms with Gasteiger partial charge in [-0.3, -0.25) is 4.79 Å². The summed E-state index contributed by atoms with van der Waals surface area (Å²) in [5.41, 5.74) is 0. The molecule has 8 nitrogen and oxygen atoms in total. The number of amides is 1. The van der Waals surface area contributed by atoms with Gasteiger partial charge in [-0.1, -0.05) is 11.2 Å². The third-order valence-corrected chi connectivity index (χ3v) is 7.02. The van der Waals surface area contributed by atoms with Crippen molar-refractivity contribution < 1.29 is 17.7 Å². The van der Waals surface area contributed by atoms with Crippen molar-refractivity contribution in [1.82, 2.24) is 19.8 Å². The maximum absolute atomic E-state index is 12.7. The highest BCUT2D eigenvalue weighted by atomic mass is 32.2. The molecule has 0 unspecified atom stereocenters. The third-order valence-electron chi connectivity index (χ3n) is 3.82. The van der Waals surface area contributed by atoms with Crippen molar-refractivity contribution in [1.29, 1.82) is 0 Å². The summed E-state index contributed by atoms with van der Waals surface area (Å²) in [6.45, 7) is 1.91. The highest BCUT2D eigenvalue weighted by molar-refractivity contribution is 7.91. The maximum atomic E-state index is 12.7. The first-order chi connectivity index (χ1) is 10.9. The smallest absolute Gasteiger partial charge is 0.252 e. The molecule has 1 fully saturated rings. The van der Waals surface area contributed by atoms with E-state index < -0.39 is 21.9 Å².